The van der Waals surface area contributed by atoms with E-state index in [4.69, 9.17) is 4.74 Å². The Morgan fingerprint density at radius 1 is 1.37 bits per heavy atom. The molecule has 0 aliphatic heterocycles. The molecule has 1 aromatic heterocycles. The van der Waals surface area contributed by atoms with Crippen molar-refractivity contribution in [3.8, 4) is 0 Å². The second-order valence-electron chi connectivity index (χ2n) is 5.47. The van der Waals surface area contributed by atoms with Crippen molar-refractivity contribution in [2.24, 2.45) is 0 Å². The quantitative estimate of drug-likeness (QED) is 0.409. The van der Waals surface area contributed by atoms with Crippen LogP contribution in [0.2, 0.25) is 0 Å². The zero-order valence-electron chi connectivity index (χ0n) is 14.8. The number of benzene rings is 1. The average molecular weight is 396 g/mol. The molecule has 0 fully saturated rings. The van der Waals surface area contributed by atoms with Crippen LogP contribution in [0.1, 0.15) is 5.69 Å². The Hall–Kier alpha value is -2.43. The third-order valence-corrected chi connectivity index (χ3v) is 4.42. The third kappa shape index (κ3) is 6.66. The smallest absolute Gasteiger partial charge is 0.240 e. The Bertz CT molecular complexity index is 784. The van der Waals surface area contributed by atoms with Gasteiger partial charge in [0, 0.05) is 19.3 Å². The van der Waals surface area contributed by atoms with Gasteiger partial charge in [-0.3, -0.25) is 9.59 Å². The highest BCUT2D eigenvalue weighted by Gasteiger charge is 2.15. The number of halogens is 1. The lowest BCUT2D eigenvalue weighted by molar-refractivity contribution is -0.122. The molecule has 0 radical (unpaired) electrons. The summed E-state index contributed by atoms with van der Waals surface area (Å²) in [7, 11) is 1.54. The van der Waals surface area contributed by atoms with Crippen LogP contribution in [-0.4, -0.2) is 52.5 Å². The molecule has 0 aliphatic rings. The van der Waals surface area contributed by atoms with Gasteiger partial charge in [0.05, 0.1) is 30.9 Å². The number of carbonyl (C=O) groups is 2. The summed E-state index contributed by atoms with van der Waals surface area (Å²) in [6.45, 7) is 0.448. The number of aliphatic hydroxyl groups excluding tert-OH is 1. The molecule has 2 aromatic rings. The first-order chi connectivity index (χ1) is 13.0. The highest BCUT2D eigenvalue weighted by atomic mass is 32.2. The number of rotatable bonds is 10. The minimum Gasteiger partial charge on any atom is -0.390 e. The molecular formula is C17H21FN4O4S. The predicted molar refractivity (Wildman–Crippen MR) is 98.8 cm³/mol. The summed E-state index contributed by atoms with van der Waals surface area (Å²) in [5, 5.41) is 15.1. The Labute approximate surface area is 160 Å². The number of imidazole rings is 1. The fraction of sp³-hybridized carbons (Fsp3) is 0.353. The van der Waals surface area contributed by atoms with Gasteiger partial charge in [0.1, 0.15) is 12.4 Å². The first-order valence-corrected chi connectivity index (χ1v) is 9.11. The summed E-state index contributed by atoms with van der Waals surface area (Å²) in [4.78, 5) is 28.2. The second-order valence-corrected chi connectivity index (χ2v) is 6.41. The van der Waals surface area contributed by atoms with Crippen molar-refractivity contribution >= 4 is 29.3 Å². The average Bonchev–Trinajstić information content (AvgIpc) is 3.02. The number of hydrogen-bond acceptors (Lipinski definition) is 6. The van der Waals surface area contributed by atoms with E-state index in [2.05, 4.69) is 15.6 Å². The Morgan fingerprint density at radius 2 is 2.19 bits per heavy atom. The van der Waals surface area contributed by atoms with Gasteiger partial charge in [-0.15, -0.1) is 0 Å². The van der Waals surface area contributed by atoms with Crippen LogP contribution in [0, 0.1) is 5.82 Å². The monoisotopic (exact) mass is 396 g/mol. The number of anilines is 1. The topological polar surface area (TPSA) is 105 Å². The number of carbonyl (C=O) groups excluding carboxylic acids is 2. The van der Waals surface area contributed by atoms with E-state index in [0.29, 0.717) is 29.7 Å². The molecule has 146 valence electrons. The van der Waals surface area contributed by atoms with Crippen molar-refractivity contribution < 1.29 is 23.8 Å². The minimum atomic E-state index is -0.442. The highest BCUT2D eigenvalue weighted by Crippen LogP contribution is 2.19. The summed E-state index contributed by atoms with van der Waals surface area (Å²) < 4.78 is 19.6. The van der Waals surface area contributed by atoms with Gasteiger partial charge in [-0.1, -0.05) is 17.8 Å². The lowest BCUT2D eigenvalue weighted by Gasteiger charge is -2.11. The molecule has 8 nitrogen and oxygen atoms in total. The zero-order chi connectivity index (χ0) is 19.6. The van der Waals surface area contributed by atoms with Crippen LogP contribution in [0.4, 0.5) is 10.1 Å². The summed E-state index contributed by atoms with van der Waals surface area (Å²) >= 11 is 1.12. The molecule has 2 rings (SSSR count). The molecule has 10 heteroatoms. The molecule has 0 aliphatic carbocycles. The maximum absolute atomic E-state index is 13.2. The number of ether oxygens (including phenoxy) is 1. The largest absolute Gasteiger partial charge is 0.390 e. The number of nitrogens with zero attached hydrogens (tertiary/aromatic N) is 2. The maximum Gasteiger partial charge on any atom is 0.240 e. The van der Waals surface area contributed by atoms with E-state index >= 15 is 0 Å². The van der Waals surface area contributed by atoms with E-state index in [1.54, 1.807) is 10.6 Å². The van der Waals surface area contributed by atoms with Crippen molar-refractivity contribution in [3.05, 3.63) is 42.0 Å². The summed E-state index contributed by atoms with van der Waals surface area (Å²) in [5.74, 6) is -1.02. The Kier molecular flexibility index (Phi) is 8.24. The van der Waals surface area contributed by atoms with Gasteiger partial charge in [0.25, 0.3) is 0 Å². The fourth-order valence-corrected chi connectivity index (χ4v) is 2.99. The second kappa shape index (κ2) is 10.7. The number of amides is 2. The van der Waals surface area contributed by atoms with Crippen LogP contribution in [0.5, 0.6) is 0 Å². The normalized spacial score (nSPS) is 10.6. The number of thioether (sulfide) groups is 1. The van der Waals surface area contributed by atoms with Crippen molar-refractivity contribution in [2.45, 2.75) is 18.3 Å². The minimum absolute atomic E-state index is 0.0175. The van der Waals surface area contributed by atoms with Crippen LogP contribution >= 0.6 is 11.8 Å². The molecule has 0 bridgehead atoms. The van der Waals surface area contributed by atoms with E-state index in [1.165, 1.54) is 31.5 Å². The molecule has 0 spiro atoms. The van der Waals surface area contributed by atoms with Crippen LogP contribution in [0.15, 0.2) is 35.6 Å². The van der Waals surface area contributed by atoms with E-state index < -0.39 is 5.82 Å². The standard InChI is InChI=1S/C17H21FN4O4S/c1-26-6-5-19-15(24)9-22-14(10-23)8-20-17(22)27-11-16(25)21-13-4-2-3-12(18)7-13/h2-4,7-8,23H,5-6,9-11H2,1H3,(H,19,24)(H,21,25). The molecule has 2 amide bonds. The Morgan fingerprint density at radius 3 is 2.89 bits per heavy atom. The van der Waals surface area contributed by atoms with Crippen molar-refractivity contribution in [1.82, 2.24) is 14.9 Å². The zero-order valence-corrected chi connectivity index (χ0v) is 15.6. The van der Waals surface area contributed by atoms with Gasteiger partial charge >= 0.3 is 0 Å². The predicted octanol–water partition coefficient (Wildman–Crippen LogP) is 1.01. The van der Waals surface area contributed by atoms with Gasteiger partial charge in [0.15, 0.2) is 5.16 Å². The molecule has 3 N–H and O–H groups in total. The van der Waals surface area contributed by atoms with E-state index in [-0.39, 0.29) is 30.7 Å². The van der Waals surface area contributed by atoms with Gasteiger partial charge in [-0.05, 0) is 18.2 Å². The number of hydrogen-bond donors (Lipinski definition) is 3. The summed E-state index contributed by atoms with van der Waals surface area (Å²) in [6.07, 6.45) is 1.45. The lowest BCUT2D eigenvalue weighted by Crippen LogP contribution is -2.31. The number of aliphatic hydroxyl groups is 1. The SMILES string of the molecule is COCCNC(=O)Cn1c(CO)cnc1SCC(=O)Nc1cccc(F)c1. The van der Waals surface area contributed by atoms with Crippen LogP contribution in [0.25, 0.3) is 0 Å². The Balaban J connectivity index is 1.94. The number of methoxy groups -OCH3 is 1. The van der Waals surface area contributed by atoms with Gasteiger partial charge in [-0.2, -0.15) is 0 Å². The van der Waals surface area contributed by atoms with E-state index in [0.717, 1.165) is 11.8 Å². The number of nitrogens with one attached hydrogen (secondary N) is 2. The molecular weight excluding hydrogens is 375 g/mol. The molecule has 0 saturated carbocycles. The van der Waals surface area contributed by atoms with Gasteiger partial charge < -0.3 is 25.0 Å². The van der Waals surface area contributed by atoms with Crippen LogP contribution < -0.4 is 10.6 Å². The maximum atomic E-state index is 13.2. The molecule has 0 saturated heterocycles. The molecule has 0 atom stereocenters. The third-order valence-electron chi connectivity index (χ3n) is 3.43. The molecule has 1 aromatic carbocycles. The van der Waals surface area contributed by atoms with Gasteiger partial charge in [0.2, 0.25) is 11.8 Å². The summed E-state index contributed by atoms with van der Waals surface area (Å²) in [6, 6.07) is 5.59. The molecule has 27 heavy (non-hydrogen) atoms. The van der Waals surface area contributed by atoms with Gasteiger partial charge in [-0.25, -0.2) is 9.37 Å². The number of aromatic nitrogens is 2. The van der Waals surface area contributed by atoms with E-state index in [1.807, 2.05) is 0 Å². The van der Waals surface area contributed by atoms with Crippen LogP contribution in [0.3, 0.4) is 0 Å². The van der Waals surface area contributed by atoms with E-state index in [9.17, 15) is 19.1 Å². The first kappa shape index (κ1) is 20.9. The van der Waals surface area contributed by atoms with Crippen molar-refractivity contribution in [2.75, 3.05) is 31.3 Å². The lowest BCUT2D eigenvalue weighted by atomic mass is 10.3. The molecule has 0 unspecified atom stereocenters. The van der Waals surface area contributed by atoms with Crippen LogP contribution in [-0.2, 0) is 27.5 Å². The van der Waals surface area contributed by atoms with Crippen molar-refractivity contribution in [3.63, 3.8) is 0 Å². The fourth-order valence-electron chi connectivity index (χ4n) is 2.19. The molecule has 1 heterocycles. The highest BCUT2D eigenvalue weighted by molar-refractivity contribution is 7.99. The van der Waals surface area contributed by atoms with Crippen molar-refractivity contribution in [1.29, 1.82) is 0 Å². The summed E-state index contributed by atoms with van der Waals surface area (Å²) in [5.41, 5.74) is 0.822. The first-order valence-electron chi connectivity index (χ1n) is 8.12.